The van der Waals surface area contributed by atoms with Gasteiger partial charge in [-0.3, -0.25) is 14.5 Å². The molecular formula is C44H75IN2O4. The maximum absolute atomic E-state index is 12.1. The van der Waals surface area contributed by atoms with Crippen LogP contribution in [0.25, 0.3) is 0 Å². The number of esters is 1. The van der Waals surface area contributed by atoms with Gasteiger partial charge in [0.05, 0.1) is 26.2 Å². The molecule has 0 bridgehead atoms. The second-order valence-electron chi connectivity index (χ2n) is 14.8. The largest absolute Gasteiger partial charge is 0.465 e. The molecule has 0 radical (unpaired) electrons. The first-order valence-electron chi connectivity index (χ1n) is 19.6. The van der Waals surface area contributed by atoms with Gasteiger partial charge in [-0.15, -0.1) is 24.0 Å². The zero-order valence-electron chi connectivity index (χ0n) is 33.7. The Morgan fingerprint density at radius 3 is 2.10 bits per heavy atom. The summed E-state index contributed by atoms with van der Waals surface area (Å²) in [5.41, 5.74) is 8.63. The summed E-state index contributed by atoms with van der Waals surface area (Å²) >= 11 is 0. The summed E-state index contributed by atoms with van der Waals surface area (Å²) in [6, 6.07) is 0. The van der Waals surface area contributed by atoms with E-state index in [0.717, 1.165) is 103 Å². The van der Waals surface area contributed by atoms with E-state index in [4.69, 9.17) is 9.47 Å². The molecule has 0 aromatic heterocycles. The number of hydrogen-bond donors (Lipinski definition) is 1. The number of carbonyl (C=O) groups is 2. The number of amides is 1. The van der Waals surface area contributed by atoms with E-state index in [1.165, 1.54) is 46.3 Å². The van der Waals surface area contributed by atoms with Crippen LogP contribution in [0.4, 0.5) is 0 Å². The van der Waals surface area contributed by atoms with Gasteiger partial charge in [-0.25, -0.2) is 0 Å². The maximum atomic E-state index is 12.1. The van der Waals surface area contributed by atoms with Crippen molar-refractivity contribution in [3.05, 3.63) is 70.4 Å². The van der Waals surface area contributed by atoms with Crippen molar-refractivity contribution in [3.63, 3.8) is 0 Å². The molecule has 1 atom stereocenters. The topological polar surface area (TPSA) is 67.9 Å². The zero-order chi connectivity index (χ0) is 37.0. The highest BCUT2D eigenvalue weighted by Crippen LogP contribution is 2.28. The minimum Gasteiger partial charge on any atom is -0.465 e. The summed E-state index contributed by atoms with van der Waals surface area (Å²) in [5, 5.41) is 2.91. The summed E-state index contributed by atoms with van der Waals surface area (Å²) in [5.74, 6) is 0.0613. The molecule has 0 saturated carbocycles. The number of nitrogens with one attached hydrogen (secondary N) is 1. The highest BCUT2D eigenvalue weighted by molar-refractivity contribution is 14.0. The van der Waals surface area contributed by atoms with E-state index < -0.39 is 0 Å². The number of rotatable bonds is 22. The van der Waals surface area contributed by atoms with Crippen LogP contribution in [0.15, 0.2) is 70.4 Å². The number of ether oxygens (including phenoxy) is 2. The Kier molecular flexibility index (Phi) is 30.3. The first kappa shape index (κ1) is 49.0. The van der Waals surface area contributed by atoms with E-state index in [-0.39, 0.29) is 48.7 Å². The Hall–Kier alpha value is -1.97. The van der Waals surface area contributed by atoms with Crippen LogP contribution >= 0.6 is 24.0 Å². The zero-order valence-corrected chi connectivity index (χ0v) is 36.0. The quantitative estimate of drug-likeness (QED) is 0.0510. The summed E-state index contributed by atoms with van der Waals surface area (Å²) in [7, 11) is 0. The van der Waals surface area contributed by atoms with Crippen LogP contribution in [-0.4, -0.2) is 62.8 Å². The Morgan fingerprint density at radius 2 is 1.49 bits per heavy atom. The highest BCUT2D eigenvalue weighted by Gasteiger charge is 2.18. The van der Waals surface area contributed by atoms with Gasteiger partial charge in [-0.1, -0.05) is 77.3 Å². The third kappa shape index (κ3) is 29.2. The number of nitrogens with zero attached hydrogens (tertiary/aromatic N) is 1. The van der Waals surface area contributed by atoms with E-state index in [1.54, 1.807) is 0 Å². The van der Waals surface area contributed by atoms with Crippen molar-refractivity contribution in [3.8, 4) is 0 Å². The van der Waals surface area contributed by atoms with Crippen LogP contribution in [0.3, 0.4) is 0 Å². The van der Waals surface area contributed by atoms with E-state index in [2.05, 4.69) is 95.6 Å². The minimum absolute atomic E-state index is 0. The summed E-state index contributed by atoms with van der Waals surface area (Å²) in [4.78, 5) is 26.5. The molecule has 1 amide bonds. The number of hydrogen-bond acceptors (Lipinski definition) is 5. The van der Waals surface area contributed by atoms with Crippen LogP contribution in [0.1, 0.15) is 145 Å². The van der Waals surface area contributed by atoms with Crippen molar-refractivity contribution in [1.29, 1.82) is 0 Å². The molecule has 6 nitrogen and oxygen atoms in total. The molecule has 1 aliphatic carbocycles. The van der Waals surface area contributed by atoms with Crippen molar-refractivity contribution >= 4 is 35.9 Å². The summed E-state index contributed by atoms with van der Waals surface area (Å²) < 4.78 is 10.8. The van der Waals surface area contributed by atoms with Gasteiger partial charge in [0.2, 0.25) is 5.91 Å². The van der Waals surface area contributed by atoms with Gasteiger partial charge in [-0.05, 0) is 137 Å². The van der Waals surface area contributed by atoms with Crippen molar-refractivity contribution < 1.29 is 19.1 Å². The van der Waals surface area contributed by atoms with Crippen LogP contribution in [0.2, 0.25) is 0 Å². The summed E-state index contributed by atoms with van der Waals surface area (Å²) in [6.45, 7) is 24.8. The Morgan fingerprint density at radius 1 is 0.882 bits per heavy atom. The fraction of sp³-hybridized carbons (Fsp3) is 0.682. The second kappa shape index (κ2) is 31.5. The Bertz CT molecular complexity index is 1140. The molecular weight excluding hydrogens is 747 g/mol. The lowest BCUT2D eigenvalue weighted by Crippen LogP contribution is -2.38. The molecule has 1 heterocycles. The SMILES string of the molecule is C=C(CC)CC/C=C(\C)CCC=C(C)C.CC(C)=CCC/C(C)=C/CCC1=CCC[C@H](COC(=O)CCC(=O)NCCCN2CCOCC2)C1.I. The smallest absolute Gasteiger partial charge is 0.306 e. The normalized spacial score (nSPS) is 16.5. The third-order valence-electron chi connectivity index (χ3n) is 9.30. The number of allylic oxidation sites excluding steroid dienone is 11. The Balaban J connectivity index is 0.00000132. The van der Waals surface area contributed by atoms with E-state index in [9.17, 15) is 9.59 Å². The van der Waals surface area contributed by atoms with E-state index in [0.29, 0.717) is 19.1 Å². The molecule has 0 unspecified atom stereocenters. The van der Waals surface area contributed by atoms with Gasteiger partial charge in [0.1, 0.15) is 0 Å². The first-order valence-corrected chi connectivity index (χ1v) is 19.6. The predicted molar refractivity (Wildman–Crippen MR) is 229 cm³/mol. The standard InChI is InChI=1S/C29H48N2O4.C15H26.HI/c1-24(2)8-4-9-25(3)10-5-11-26-12-6-13-27(22-26)23-35-29(33)15-14-28(32)30-16-7-17-31-18-20-34-21-19-31;1-6-14(4)10-8-12-15(5)11-7-9-13(2)3;/h8,10,12,27H,4-7,9,11,13-23H2,1-3H3,(H,30,32);9,12H,4,6-8,10-11H2,1-3,5H3;1H/b25-10+;15-12+;/t27-;;/m0../s1. The van der Waals surface area contributed by atoms with Crippen molar-refractivity contribution in [2.75, 3.05) is 46.0 Å². The van der Waals surface area contributed by atoms with E-state index >= 15 is 0 Å². The van der Waals surface area contributed by atoms with Crippen LogP contribution < -0.4 is 5.32 Å². The molecule has 2 rings (SSSR count). The average molecular weight is 823 g/mol. The van der Waals surface area contributed by atoms with Crippen LogP contribution in [0, 0.1) is 5.92 Å². The number of halogens is 1. The maximum Gasteiger partial charge on any atom is 0.306 e. The van der Waals surface area contributed by atoms with Gasteiger partial charge >= 0.3 is 5.97 Å². The monoisotopic (exact) mass is 822 g/mol. The fourth-order valence-electron chi connectivity index (χ4n) is 5.95. The molecule has 1 saturated heterocycles. The molecule has 0 aromatic rings. The molecule has 7 heteroatoms. The van der Waals surface area contributed by atoms with Gasteiger partial charge in [0, 0.05) is 26.1 Å². The number of carbonyl (C=O) groups excluding carboxylic acids is 2. The highest BCUT2D eigenvalue weighted by atomic mass is 127. The Labute approximate surface area is 330 Å². The average Bonchev–Trinajstić information content (AvgIpc) is 3.09. The molecule has 0 aromatic carbocycles. The van der Waals surface area contributed by atoms with Gasteiger partial charge in [0.15, 0.2) is 0 Å². The third-order valence-corrected chi connectivity index (χ3v) is 9.30. The predicted octanol–water partition coefficient (Wildman–Crippen LogP) is 11.4. The lowest BCUT2D eigenvalue weighted by Gasteiger charge is -2.26. The minimum atomic E-state index is -0.264. The van der Waals surface area contributed by atoms with E-state index in [1.807, 2.05) is 0 Å². The molecule has 1 N–H and O–H groups in total. The fourth-order valence-corrected chi connectivity index (χ4v) is 5.95. The molecule has 292 valence electrons. The van der Waals surface area contributed by atoms with Crippen molar-refractivity contribution in [2.24, 2.45) is 5.92 Å². The van der Waals surface area contributed by atoms with Crippen LogP contribution in [-0.2, 0) is 19.1 Å². The number of morpholine rings is 1. The van der Waals surface area contributed by atoms with Gasteiger partial charge in [-0.2, -0.15) is 0 Å². The molecule has 0 spiro atoms. The molecule has 1 aliphatic heterocycles. The van der Waals surface area contributed by atoms with Crippen LogP contribution in [0.5, 0.6) is 0 Å². The van der Waals surface area contributed by atoms with Crippen molar-refractivity contribution in [2.45, 2.75) is 145 Å². The van der Waals surface area contributed by atoms with Crippen molar-refractivity contribution in [1.82, 2.24) is 10.2 Å². The lowest BCUT2D eigenvalue weighted by atomic mass is 9.87. The second-order valence-corrected chi connectivity index (χ2v) is 14.8. The molecule has 51 heavy (non-hydrogen) atoms. The first-order chi connectivity index (χ1) is 24.0. The van der Waals surface area contributed by atoms with Gasteiger partial charge in [0.25, 0.3) is 0 Å². The summed E-state index contributed by atoms with van der Waals surface area (Å²) in [6.07, 6.45) is 26.4. The van der Waals surface area contributed by atoms with Gasteiger partial charge < -0.3 is 14.8 Å². The molecule has 1 fully saturated rings. The lowest BCUT2D eigenvalue weighted by molar-refractivity contribution is -0.146. The molecule has 2 aliphatic rings.